The third kappa shape index (κ3) is 7.87. The van der Waals surface area contributed by atoms with Crippen molar-refractivity contribution < 1.29 is 18.7 Å². The summed E-state index contributed by atoms with van der Waals surface area (Å²) >= 11 is 0. The maximum atomic E-state index is 11.4. The van der Waals surface area contributed by atoms with Crippen LogP contribution >= 0.6 is 0 Å². The molecule has 0 saturated carbocycles. The average Bonchev–Trinajstić information content (AvgIpc) is 2.29. The Morgan fingerprint density at radius 2 is 1.58 bits per heavy atom. The van der Waals surface area contributed by atoms with E-state index in [0.717, 1.165) is 19.3 Å². The maximum Gasteiger partial charge on any atom is 0.185 e. The van der Waals surface area contributed by atoms with E-state index in [9.17, 15) is 13.0 Å². The van der Waals surface area contributed by atoms with Gasteiger partial charge in [-0.25, -0.2) is 8.42 Å². The maximum absolute atomic E-state index is 11.4. The molecule has 0 radical (unpaired) electrons. The van der Waals surface area contributed by atoms with Crippen LogP contribution in [0.2, 0.25) is 0 Å². The summed E-state index contributed by atoms with van der Waals surface area (Å²) in [7, 11) is -0.618. The van der Waals surface area contributed by atoms with Crippen LogP contribution in [0, 0.1) is 0 Å². The molecule has 0 aromatic carbocycles. The molecule has 19 heavy (non-hydrogen) atoms. The number of rotatable bonds is 11. The third-order valence-corrected chi connectivity index (χ3v) is 5.00. The molecule has 0 aliphatic carbocycles. The largest absolute Gasteiger partial charge is 0.743 e. The summed E-state index contributed by atoms with van der Waals surface area (Å²) in [6.45, 7) is 2.73. The molecule has 6 heteroatoms. The predicted molar refractivity (Wildman–Crippen MR) is 76.5 cm³/mol. The molecule has 0 aliphatic rings. The van der Waals surface area contributed by atoms with Crippen molar-refractivity contribution in [3.8, 4) is 0 Å². The second-order valence-electron chi connectivity index (χ2n) is 5.71. The minimum atomic E-state index is -4.35. The van der Waals surface area contributed by atoms with Gasteiger partial charge in [-0.15, -0.1) is 0 Å². The summed E-state index contributed by atoms with van der Waals surface area (Å²) in [5.41, 5.74) is 3.72. The Labute approximate surface area is 118 Å². The van der Waals surface area contributed by atoms with Crippen molar-refractivity contribution in [2.75, 3.05) is 20.6 Å². The minimum absolute atomic E-state index is 0.306. The van der Waals surface area contributed by atoms with Gasteiger partial charge >= 0.3 is 0 Å². The zero-order valence-corrected chi connectivity index (χ0v) is 13.5. The lowest BCUT2D eigenvalue weighted by atomic mass is 10.0. The monoisotopic (exact) mass is 294 g/mol. The number of hydrogen-bond acceptors (Lipinski definition) is 4. The van der Waals surface area contributed by atoms with Gasteiger partial charge in [0.1, 0.15) is 0 Å². The van der Waals surface area contributed by atoms with Crippen molar-refractivity contribution in [1.29, 1.82) is 0 Å². The first-order chi connectivity index (χ1) is 8.73. The standard InChI is InChI=1S/C13H30N2O3S/c1-4-5-6-7-8-9-10-13(14,19(16,17)18)11-12-15(2)3/h4-12,14H2,1-3H3,(H,16,17,18). The van der Waals surface area contributed by atoms with Crippen LogP contribution in [0.25, 0.3) is 0 Å². The van der Waals surface area contributed by atoms with E-state index in [0.29, 0.717) is 19.4 Å². The fourth-order valence-corrected chi connectivity index (χ4v) is 2.77. The lowest BCUT2D eigenvalue weighted by Crippen LogP contribution is -2.76. The molecule has 0 aliphatic heterocycles. The van der Waals surface area contributed by atoms with Crippen molar-refractivity contribution in [3.05, 3.63) is 0 Å². The highest BCUT2D eigenvalue weighted by Crippen LogP contribution is 2.21. The van der Waals surface area contributed by atoms with E-state index < -0.39 is 15.0 Å². The van der Waals surface area contributed by atoms with E-state index in [1.165, 1.54) is 19.3 Å². The Morgan fingerprint density at radius 3 is 2.05 bits per heavy atom. The zero-order valence-electron chi connectivity index (χ0n) is 12.7. The van der Waals surface area contributed by atoms with Gasteiger partial charge in [0.15, 0.2) is 15.0 Å². The molecule has 0 aromatic heterocycles. The van der Waals surface area contributed by atoms with Gasteiger partial charge in [0.25, 0.3) is 0 Å². The summed E-state index contributed by atoms with van der Waals surface area (Å²) in [6, 6.07) is 0. The second kappa shape index (κ2) is 8.89. The van der Waals surface area contributed by atoms with Crippen LogP contribution in [0.15, 0.2) is 0 Å². The van der Waals surface area contributed by atoms with E-state index in [1.54, 1.807) is 0 Å². The first-order valence-electron chi connectivity index (χ1n) is 7.18. The van der Waals surface area contributed by atoms with Gasteiger partial charge in [-0.2, -0.15) is 0 Å². The Hall–Kier alpha value is -0.170. The fraction of sp³-hybridized carbons (Fsp3) is 1.00. The zero-order chi connectivity index (χ0) is 14.9. The van der Waals surface area contributed by atoms with Crippen LogP contribution < -0.4 is 5.73 Å². The second-order valence-corrected chi connectivity index (χ2v) is 7.48. The van der Waals surface area contributed by atoms with Gasteiger partial charge in [0.05, 0.1) is 0 Å². The van der Waals surface area contributed by atoms with Gasteiger partial charge in [-0.05, 0) is 20.5 Å². The fourth-order valence-electron chi connectivity index (χ4n) is 2.03. The van der Waals surface area contributed by atoms with Gasteiger partial charge in [-0.3, -0.25) is 0 Å². The van der Waals surface area contributed by atoms with E-state index >= 15 is 0 Å². The molecule has 0 rings (SSSR count). The van der Waals surface area contributed by atoms with Crippen molar-refractivity contribution in [1.82, 2.24) is 4.90 Å². The van der Waals surface area contributed by atoms with Crippen molar-refractivity contribution in [2.24, 2.45) is 0 Å². The molecule has 0 heterocycles. The Kier molecular flexibility index (Phi) is 8.81. The van der Waals surface area contributed by atoms with Crippen molar-refractivity contribution >= 4 is 10.1 Å². The van der Waals surface area contributed by atoms with Crippen LogP contribution in [0.4, 0.5) is 0 Å². The highest BCUT2D eigenvalue weighted by molar-refractivity contribution is 7.86. The van der Waals surface area contributed by atoms with Crippen LogP contribution in [0.3, 0.4) is 0 Å². The number of unbranched alkanes of at least 4 members (excludes halogenated alkanes) is 5. The molecule has 0 spiro atoms. The highest BCUT2D eigenvalue weighted by Gasteiger charge is 2.36. The Morgan fingerprint density at radius 1 is 1.05 bits per heavy atom. The minimum Gasteiger partial charge on any atom is -0.743 e. The van der Waals surface area contributed by atoms with Crippen LogP contribution in [0.1, 0.15) is 58.3 Å². The van der Waals surface area contributed by atoms with Crippen LogP contribution in [-0.2, 0) is 10.1 Å². The van der Waals surface area contributed by atoms with Gasteiger partial charge in [0.2, 0.25) is 0 Å². The van der Waals surface area contributed by atoms with Crippen LogP contribution in [0.5, 0.6) is 0 Å². The summed E-state index contributed by atoms with van der Waals surface area (Å²) < 4.78 is 34.2. The molecule has 3 N–H and O–H groups in total. The Balaban J connectivity index is 4.22. The molecule has 0 aromatic rings. The van der Waals surface area contributed by atoms with E-state index in [-0.39, 0.29) is 0 Å². The molecule has 0 fully saturated rings. The van der Waals surface area contributed by atoms with Gasteiger partial charge < -0.3 is 15.2 Å². The SMILES string of the molecule is CCCCCCCCC([NH3+])(CCN(C)C)S(=O)(=O)[O-]. The average molecular weight is 294 g/mol. The van der Waals surface area contributed by atoms with Crippen molar-refractivity contribution in [3.63, 3.8) is 0 Å². The molecule has 0 amide bonds. The summed E-state index contributed by atoms with van der Waals surface area (Å²) in [6.07, 6.45) is 7.13. The molecule has 1 unspecified atom stereocenters. The number of hydrogen-bond donors (Lipinski definition) is 1. The van der Waals surface area contributed by atoms with Gasteiger partial charge in [-0.1, -0.05) is 39.0 Å². The summed E-state index contributed by atoms with van der Waals surface area (Å²) in [4.78, 5) is 0.522. The Bertz CT molecular complexity index is 331. The summed E-state index contributed by atoms with van der Waals surface area (Å²) in [5.74, 6) is 0. The van der Waals surface area contributed by atoms with E-state index in [2.05, 4.69) is 12.7 Å². The normalized spacial score (nSPS) is 15.7. The molecule has 0 bridgehead atoms. The molecule has 1 atom stereocenters. The van der Waals surface area contributed by atoms with E-state index in [4.69, 9.17) is 0 Å². The topological polar surface area (TPSA) is 88.1 Å². The summed E-state index contributed by atoms with van der Waals surface area (Å²) in [5, 5.41) is 0. The third-order valence-electron chi connectivity index (χ3n) is 3.53. The molecular formula is C13H30N2O3S. The first-order valence-corrected chi connectivity index (χ1v) is 8.59. The van der Waals surface area contributed by atoms with Crippen LogP contribution in [-0.4, -0.2) is 43.4 Å². The molecule has 0 saturated heterocycles. The predicted octanol–water partition coefficient (Wildman–Crippen LogP) is 1.17. The highest BCUT2D eigenvalue weighted by atomic mass is 32.2. The molecule has 116 valence electrons. The molecular weight excluding hydrogens is 264 g/mol. The lowest BCUT2D eigenvalue weighted by Gasteiger charge is -2.29. The molecule has 5 nitrogen and oxygen atoms in total. The van der Waals surface area contributed by atoms with Crippen molar-refractivity contribution in [2.45, 2.75) is 63.2 Å². The number of quaternary nitrogens is 1. The lowest BCUT2D eigenvalue weighted by molar-refractivity contribution is -0.447. The quantitative estimate of drug-likeness (QED) is 0.458. The smallest absolute Gasteiger partial charge is 0.185 e. The first kappa shape index (κ1) is 18.8. The van der Waals surface area contributed by atoms with Gasteiger partial charge in [0, 0.05) is 19.4 Å². The van der Waals surface area contributed by atoms with E-state index in [1.807, 2.05) is 19.0 Å². The number of nitrogens with zero attached hydrogens (tertiary/aromatic N) is 1.